The van der Waals surface area contributed by atoms with Crippen molar-refractivity contribution in [2.45, 2.75) is 70.6 Å². The predicted octanol–water partition coefficient (Wildman–Crippen LogP) is 4.82. The van der Waals surface area contributed by atoms with E-state index in [1.165, 1.54) is 44.9 Å². The zero-order chi connectivity index (χ0) is 20.1. The van der Waals surface area contributed by atoms with Gasteiger partial charge in [-0.25, -0.2) is 0 Å². The summed E-state index contributed by atoms with van der Waals surface area (Å²) in [6.45, 7) is 3.70. The van der Waals surface area contributed by atoms with E-state index < -0.39 is 0 Å². The molecule has 2 saturated heterocycles. The Morgan fingerprint density at radius 3 is 2.31 bits per heavy atom. The number of nitrogens with zero attached hydrogens (tertiary/aromatic N) is 2. The third kappa shape index (κ3) is 5.12. The smallest absolute Gasteiger partial charge is 0.256 e. The van der Waals surface area contributed by atoms with E-state index in [9.17, 15) is 9.59 Å². The first-order valence-corrected chi connectivity index (χ1v) is 11.7. The SMILES string of the molecule is O=C(CCC1CCCC1)Nc1ccc(N2CCCC2)c(C(=O)N2CCCCC2)c1. The molecular weight excluding hydrogens is 362 g/mol. The van der Waals surface area contributed by atoms with Crippen molar-refractivity contribution in [3.05, 3.63) is 23.8 Å². The molecule has 1 aromatic rings. The van der Waals surface area contributed by atoms with E-state index in [1.54, 1.807) is 0 Å². The third-order valence-corrected chi connectivity index (χ3v) is 6.86. The molecule has 0 aromatic heterocycles. The Balaban J connectivity index is 1.47. The van der Waals surface area contributed by atoms with Crippen molar-refractivity contribution in [1.29, 1.82) is 0 Å². The molecule has 3 fully saturated rings. The summed E-state index contributed by atoms with van der Waals surface area (Å²) in [7, 11) is 0. The largest absolute Gasteiger partial charge is 0.371 e. The summed E-state index contributed by atoms with van der Waals surface area (Å²) in [5.41, 5.74) is 2.54. The highest BCUT2D eigenvalue weighted by Crippen LogP contribution is 2.31. The summed E-state index contributed by atoms with van der Waals surface area (Å²) in [6.07, 6.45) is 12.5. The van der Waals surface area contributed by atoms with E-state index in [2.05, 4.69) is 10.2 Å². The van der Waals surface area contributed by atoms with Crippen LogP contribution in [0.4, 0.5) is 11.4 Å². The molecule has 0 atom stereocenters. The van der Waals surface area contributed by atoms with Gasteiger partial charge in [0.15, 0.2) is 0 Å². The van der Waals surface area contributed by atoms with Crippen LogP contribution in [0.1, 0.15) is 81.0 Å². The fourth-order valence-corrected chi connectivity index (χ4v) is 5.14. The van der Waals surface area contributed by atoms with Crippen LogP contribution >= 0.6 is 0 Å². The molecule has 0 bridgehead atoms. The number of likely N-dealkylation sites (tertiary alicyclic amines) is 1. The average Bonchev–Trinajstić information content (AvgIpc) is 3.46. The first kappa shape index (κ1) is 20.2. The molecule has 1 aromatic carbocycles. The van der Waals surface area contributed by atoms with Crippen molar-refractivity contribution >= 4 is 23.2 Å². The highest BCUT2D eigenvalue weighted by Gasteiger charge is 2.25. The predicted molar refractivity (Wildman–Crippen MR) is 117 cm³/mol. The lowest BCUT2D eigenvalue weighted by atomic mass is 10.0. The molecule has 158 valence electrons. The van der Waals surface area contributed by atoms with Crippen molar-refractivity contribution < 1.29 is 9.59 Å². The van der Waals surface area contributed by atoms with Crippen LogP contribution in [0.5, 0.6) is 0 Å². The molecule has 3 aliphatic rings. The van der Waals surface area contributed by atoms with Gasteiger partial charge in [0.25, 0.3) is 5.91 Å². The molecule has 2 heterocycles. The quantitative estimate of drug-likeness (QED) is 0.749. The van der Waals surface area contributed by atoms with Gasteiger partial charge in [-0.3, -0.25) is 9.59 Å². The number of anilines is 2. The van der Waals surface area contributed by atoms with Crippen LogP contribution in [0.15, 0.2) is 18.2 Å². The van der Waals surface area contributed by atoms with Crippen LogP contribution in [0.2, 0.25) is 0 Å². The maximum Gasteiger partial charge on any atom is 0.256 e. The minimum Gasteiger partial charge on any atom is -0.371 e. The number of hydrogen-bond donors (Lipinski definition) is 1. The summed E-state index contributed by atoms with van der Waals surface area (Å²) in [6, 6.07) is 5.92. The van der Waals surface area contributed by atoms with Crippen LogP contribution in [0.3, 0.4) is 0 Å². The number of benzene rings is 1. The van der Waals surface area contributed by atoms with Crippen molar-refractivity contribution in [2.24, 2.45) is 5.92 Å². The Bertz CT molecular complexity index is 715. The fourth-order valence-electron chi connectivity index (χ4n) is 5.14. The first-order valence-electron chi connectivity index (χ1n) is 11.7. The molecule has 2 amide bonds. The summed E-state index contributed by atoms with van der Waals surface area (Å²) < 4.78 is 0. The van der Waals surface area contributed by atoms with Crippen LogP contribution in [-0.2, 0) is 4.79 Å². The molecule has 2 aliphatic heterocycles. The molecule has 0 unspecified atom stereocenters. The summed E-state index contributed by atoms with van der Waals surface area (Å²) in [5, 5.41) is 3.05. The normalized spacial score (nSPS) is 20.3. The maximum absolute atomic E-state index is 13.3. The van der Waals surface area contributed by atoms with E-state index in [-0.39, 0.29) is 11.8 Å². The molecule has 0 radical (unpaired) electrons. The Morgan fingerprint density at radius 2 is 1.59 bits per heavy atom. The van der Waals surface area contributed by atoms with Gasteiger partial charge in [0.05, 0.1) is 5.56 Å². The number of piperidine rings is 1. The Kier molecular flexibility index (Phi) is 6.73. The van der Waals surface area contributed by atoms with Gasteiger partial charge in [-0.1, -0.05) is 25.7 Å². The number of amides is 2. The number of rotatable bonds is 6. The lowest BCUT2D eigenvalue weighted by molar-refractivity contribution is -0.116. The Hall–Kier alpha value is -2.04. The standard InChI is InChI=1S/C24H35N3O2/c28-23(13-10-19-8-2-3-9-19)25-20-11-12-22(26-14-6-7-15-26)21(18-20)24(29)27-16-4-1-5-17-27/h11-12,18-19H,1-10,13-17H2,(H,25,28). The van der Waals surface area contributed by atoms with E-state index >= 15 is 0 Å². The second kappa shape index (κ2) is 9.64. The average molecular weight is 398 g/mol. The number of carbonyl (C=O) groups is 2. The molecule has 1 saturated carbocycles. The highest BCUT2D eigenvalue weighted by molar-refractivity contribution is 6.02. The monoisotopic (exact) mass is 397 g/mol. The lowest BCUT2D eigenvalue weighted by Crippen LogP contribution is -2.36. The Labute approximate surface area is 174 Å². The molecule has 1 aliphatic carbocycles. The van der Waals surface area contributed by atoms with E-state index in [1.807, 2.05) is 23.1 Å². The zero-order valence-corrected chi connectivity index (χ0v) is 17.6. The van der Waals surface area contributed by atoms with Gasteiger partial charge >= 0.3 is 0 Å². The minimum absolute atomic E-state index is 0.0715. The van der Waals surface area contributed by atoms with Gasteiger partial charge < -0.3 is 15.1 Å². The fraction of sp³-hybridized carbons (Fsp3) is 0.667. The number of nitrogens with one attached hydrogen (secondary N) is 1. The first-order chi connectivity index (χ1) is 14.2. The lowest BCUT2D eigenvalue weighted by Gasteiger charge is -2.29. The van der Waals surface area contributed by atoms with Gasteiger partial charge in [-0.05, 0) is 62.6 Å². The number of hydrogen-bond acceptors (Lipinski definition) is 3. The van der Waals surface area contributed by atoms with Gasteiger partial charge in [-0.2, -0.15) is 0 Å². The highest BCUT2D eigenvalue weighted by atomic mass is 16.2. The molecule has 29 heavy (non-hydrogen) atoms. The molecule has 5 nitrogen and oxygen atoms in total. The Morgan fingerprint density at radius 1 is 0.897 bits per heavy atom. The summed E-state index contributed by atoms with van der Waals surface area (Å²) in [5.74, 6) is 0.908. The van der Waals surface area contributed by atoms with Crippen molar-refractivity contribution in [1.82, 2.24) is 4.90 Å². The molecule has 1 N–H and O–H groups in total. The van der Waals surface area contributed by atoms with Crippen LogP contribution in [-0.4, -0.2) is 42.9 Å². The molecular formula is C24H35N3O2. The van der Waals surface area contributed by atoms with Crippen LogP contribution in [0, 0.1) is 5.92 Å². The van der Waals surface area contributed by atoms with Gasteiger partial charge in [0.2, 0.25) is 5.91 Å². The van der Waals surface area contributed by atoms with Gasteiger partial charge in [0.1, 0.15) is 0 Å². The van der Waals surface area contributed by atoms with E-state index in [4.69, 9.17) is 0 Å². The second-order valence-corrected chi connectivity index (χ2v) is 9.02. The summed E-state index contributed by atoms with van der Waals surface area (Å²) in [4.78, 5) is 30.1. The number of carbonyl (C=O) groups excluding carboxylic acids is 2. The van der Waals surface area contributed by atoms with E-state index in [0.29, 0.717) is 6.42 Å². The molecule has 4 rings (SSSR count). The van der Waals surface area contributed by atoms with Crippen LogP contribution < -0.4 is 10.2 Å². The summed E-state index contributed by atoms with van der Waals surface area (Å²) >= 11 is 0. The van der Waals surface area contributed by atoms with Crippen LogP contribution in [0.25, 0.3) is 0 Å². The third-order valence-electron chi connectivity index (χ3n) is 6.86. The zero-order valence-electron chi connectivity index (χ0n) is 17.6. The topological polar surface area (TPSA) is 52.7 Å². The van der Waals surface area contributed by atoms with Gasteiger partial charge in [0, 0.05) is 44.0 Å². The molecule has 5 heteroatoms. The minimum atomic E-state index is 0.0715. The van der Waals surface area contributed by atoms with Gasteiger partial charge in [-0.15, -0.1) is 0 Å². The molecule has 0 spiro atoms. The van der Waals surface area contributed by atoms with Crippen molar-refractivity contribution in [3.8, 4) is 0 Å². The maximum atomic E-state index is 13.3. The van der Waals surface area contributed by atoms with Crippen molar-refractivity contribution in [3.63, 3.8) is 0 Å². The van der Waals surface area contributed by atoms with Crippen molar-refractivity contribution in [2.75, 3.05) is 36.4 Å². The second-order valence-electron chi connectivity index (χ2n) is 9.02. The van der Waals surface area contributed by atoms with E-state index in [0.717, 1.165) is 68.3 Å².